The predicted molar refractivity (Wildman–Crippen MR) is 98.7 cm³/mol. The first-order valence-corrected chi connectivity index (χ1v) is 8.68. The fraction of sp³-hybridized carbons (Fsp3) is 0.286. The lowest BCUT2D eigenvalue weighted by atomic mass is 9.93. The van der Waals surface area contributed by atoms with Crippen molar-refractivity contribution in [3.05, 3.63) is 54.1 Å². The quantitative estimate of drug-likeness (QED) is 0.796. The van der Waals surface area contributed by atoms with Crippen LogP contribution in [-0.4, -0.2) is 32.1 Å². The molecule has 2 aromatic carbocycles. The number of hydrogen-bond donors (Lipinski definition) is 1. The molecule has 0 aliphatic carbocycles. The normalized spacial score (nSPS) is 18.4. The molecule has 2 aromatic rings. The van der Waals surface area contributed by atoms with E-state index in [1.165, 1.54) is 7.11 Å². The number of carbonyl (C=O) groups excluding carboxylic acids is 2. The Bertz CT molecular complexity index is 853. The van der Waals surface area contributed by atoms with Gasteiger partial charge in [-0.25, -0.2) is 0 Å². The van der Waals surface area contributed by atoms with Gasteiger partial charge in [0.2, 0.25) is 5.91 Å². The maximum absolute atomic E-state index is 11.9. The first-order chi connectivity index (χ1) is 13.1. The zero-order valence-corrected chi connectivity index (χ0v) is 15.0. The topological polar surface area (TPSA) is 88.4 Å². The van der Waals surface area contributed by atoms with Crippen LogP contribution in [0.4, 0.5) is 0 Å². The average molecular weight is 364 g/mol. The van der Waals surface area contributed by atoms with Gasteiger partial charge < -0.3 is 14.8 Å². The van der Waals surface area contributed by atoms with E-state index in [0.29, 0.717) is 24.5 Å². The molecule has 1 fully saturated rings. The second-order valence-electron chi connectivity index (χ2n) is 6.42. The van der Waals surface area contributed by atoms with E-state index >= 15 is 0 Å². The number of nitrogens with one attached hydrogen (secondary N) is 1. The summed E-state index contributed by atoms with van der Waals surface area (Å²) in [7, 11) is 1.32. The first-order valence-electron chi connectivity index (χ1n) is 8.68. The van der Waals surface area contributed by atoms with Crippen LogP contribution in [0, 0.1) is 23.2 Å². The Labute approximate surface area is 157 Å². The number of methoxy groups -OCH3 is 1. The summed E-state index contributed by atoms with van der Waals surface area (Å²) in [5.41, 5.74) is 2.66. The Morgan fingerprint density at radius 1 is 1.15 bits per heavy atom. The minimum absolute atomic E-state index is 0.0635. The van der Waals surface area contributed by atoms with Gasteiger partial charge in [-0.05, 0) is 35.4 Å². The second kappa shape index (κ2) is 8.37. The zero-order valence-electron chi connectivity index (χ0n) is 15.0. The first kappa shape index (κ1) is 18.5. The van der Waals surface area contributed by atoms with Crippen LogP contribution in [0.5, 0.6) is 5.75 Å². The molecule has 2 atom stereocenters. The van der Waals surface area contributed by atoms with Crippen LogP contribution in [0.15, 0.2) is 48.5 Å². The zero-order chi connectivity index (χ0) is 19.2. The van der Waals surface area contributed by atoms with Gasteiger partial charge in [-0.15, -0.1) is 0 Å². The highest BCUT2D eigenvalue weighted by molar-refractivity contribution is 5.85. The number of rotatable bonds is 6. The minimum atomic E-state index is -0.421. The highest BCUT2D eigenvalue weighted by Crippen LogP contribution is 2.26. The fourth-order valence-corrected chi connectivity index (χ4v) is 3.10. The van der Waals surface area contributed by atoms with E-state index in [-0.39, 0.29) is 18.2 Å². The van der Waals surface area contributed by atoms with Gasteiger partial charge in [-0.3, -0.25) is 9.59 Å². The lowest BCUT2D eigenvalue weighted by Gasteiger charge is -2.16. The Morgan fingerprint density at radius 2 is 1.78 bits per heavy atom. The number of esters is 1. The summed E-state index contributed by atoms with van der Waals surface area (Å²) in [5.74, 6) is -0.326. The van der Waals surface area contributed by atoms with Crippen molar-refractivity contribution < 1.29 is 19.1 Å². The highest BCUT2D eigenvalue weighted by Gasteiger charge is 2.36. The largest absolute Gasteiger partial charge is 0.493 e. The predicted octanol–water partition coefficient (Wildman–Crippen LogP) is 2.53. The lowest BCUT2D eigenvalue weighted by Crippen LogP contribution is -2.25. The third kappa shape index (κ3) is 4.45. The smallest absolute Gasteiger partial charge is 0.306 e. The summed E-state index contributed by atoms with van der Waals surface area (Å²) in [6.07, 6.45) is 0.0635. The summed E-state index contributed by atoms with van der Waals surface area (Å²) in [6, 6.07) is 17.1. The average Bonchev–Trinajstić information content (AvgIpc) is 3.06. The number of benzene rings is 2. The summed E-state index contributed by atoms with van der Waals surface area (Å²) in [6.45, 7) is 0.834. The van der Waals surface area contributed by atoms with Crippen molar-refractivity contribution in [1.82, 2.24) is 5.32 Å². The van der Waals surface area contributed by atoms with E-state index in [1.54, 1.807) is 12.1 Å². The van der Waals surface area contributed by atoms with Gasteiger partial charge in [0.1, 0.15) is 5.75 Å². The van der Waals surface area contributed by atoms with Gasteiger partial charge in [0.05, 0.1) is 37.7 Å². The van der Waals surface area contributed by atoms with Crippen molar-refractivity contribution >= 4 is 11.9 Å². The molecule has 1 aliphatic heterocycles. The number of ether oxygens (including phenoxy) is 2. The Morgan fingerprint density at radius 3 is 2.37 bits per heavy atom. The number of nitriles is 1. The van der Waals surface area contributed by atoms with Gasteiger partial charge >= 0.3 is 5.97 Å². The monoisotopic (exact) mass is 364 g/mol. The van der Waals surface area contributed by atoms with E-state index in [9.17, 15) is 9.59 Å². The summed E-state index contributed by atoms with van der Waals surface area (Å²) < 4.78 is 10.5. The van der Waals surface area contributed by atoms with Gasteiger partial charge in [0.15, 0.2) is 0 Å². The molecule has 6 heteroatoms. The lowest BCUT2D eigenvalue weighted by molar-refractivity contribution is -0.144. The van der Waals surface area contributed by atoms with E-state index in [0.717, 1.165) is 11.1 Å². The standard InChI is InChI=1S/C21H20N2O4/c1-26-20(24)10-19-17(12-23-21(19)25)13-27-18-8-6-16(7-9-18)15-4-2-14(11-22)3-5-15/h2-9,17,19H,10,12-13H2,1H3,(H,23,25). The number of carbonyl (C=O) groups is 2. The van der Waals surface area contributed by atoms with Crippen molar-refractivity contribution in [2.24, 2.45) is 11.8 Å². The van der Waals surface area contributed by atoms with Crippen LogP contribution in [-0.2, 0) is 14.3 Å². The van der Waals surface area contributed by atoms with Crippen LogP contribution < -0.4 is 10.1 Å². The van der Waals surface area contributed by atoms with Crippen molar-refractivity contribution in [2.45, 2.75) is 6.42 Å². The van der Waals surface area contributed by atoms with E-state index in [4.69, 9.17) is 10.00 Å². The van der Waals surface area contributed by atoms with Crippen LogP contribution in [0.2, 0.25) is 0 Å². The van der Waals surface area contributed by atoms with Crippen molar-refractivity contribution in [1.29, 1.82) is 5.26 Å². The third-order valence-electron chi connectivity index (χ3n) is 4.72. The molecule has 1 N–H and O–H groups in total. The molecule has 1 heterocycles. The Balaban J connectivity index is 1.60. The minimum Gasteiger partial charge on any atom is -0.493 e. The molecule has 0 radical (unpaired) electrons. The molecule has 3 rings (SSSR count). The van der Waals surface area contributed by atoms with Crippen LogP contribution in [0.1, 0.15) is 12.0 Å². The molecule has 1 saturated heterocycles. The second-order valence-corrected chi connectivity index (χ2v) is 6.42. The van der Waals surface area contributed by atoms with Crippen molar-refractivity contribution in [3.8, 4) is 22.9 Å². The van der Waals surface area contributed by atoms with Crippen molar-refractivity contribution in [3.63, 3.8) is 0 Å². The highest BCUT2D eigenvalue weighted by atomic mass is 16.5. The molecule has 0 bridgehead atoms. The SMILES string of the molecule is COC(=O)CC1C(=O)NCC1COc1ccc(-c2ccc(C#N)cc2)cc1. The molecule has 138 valence electrons. The molecule has 2 unspecified atom stereocenters. The van der Waals surface area contributed by atoms with E-state index in [1.807, 2.05) is 36.4 Å². The summed E-state index contributed by atoms with van der Waals surface area (Å²) in [5, 5.41) is 11.6. The van der Waals surface area contributed by atoms with Gasteiger partial charge in [-0.2, -0.15) is 5.26 Å². The van der Waals surface area contributed by atoms with Crippen molar-refractivity contribution in [2.75, 3.05) is 20.3 Å². The maximum atomic E-state index is 11.9. The van der Waals surface area contributed by atoms with Crippen LogP contribution >= 0.6 is 0 Å². The number of amides is 1. The van der Waals surface area contributed by atoms with E-state index in [2.05, 4.69) is 16.1 Å². The Hall–Kier alpha value is -3.33. The van der Waals surface area contributed by atoms with Crippen LogP contribution in [0.25, 0.3) is 11.1 Å². The molecule has 6 nitrogen and oxygen atoms in total. The van der Waals surface area contributed by atoms with Crippen LogP contribution in [0.3, 0.4) is 0 Å². The number of nitrogens with zero attached hydrogens (tertiary/aromatic N) is 1. The fourth-order valence-electron chi connectivity index (χ4n) is 3.10. The Kier molecular flexibility index (Phi) is 5.72. The molecule has 0 spiro atoms. The number of hydrogen-bond acceptors (Lipinski definition) is 5. The molecular formula is C21H20N2O4. The molecule has 27 heavy (non-hydrogen) atoms. The maximum Gasteiger partial charge on any atom is 0.306 e. The molecule has 1 amide bonds. The summed E-state index contributed by atoms with van der Waals surface area (Å²) >= 11 is 0. The van der Waals surface area contributed by atoms with E-state index < -0.39 is 11.9 Å². The third-order valence-corrected chi connectivity index (χ3v) is 4.72. The van der Waals surface area contributed by atoms with Gasteiger partial charge in [0, 0.05) is 12.5 Å². The molecule has 0 saturated carbocycles. The van der Waals surface area contributed by atoms with Gasteiger partial charge in [-0.1, -0.05) is 24.3 Å². The molecular weight excluding hydrogens is 344 g/mol. The molecule has 1 aliphatic rings. The molecule has 0 aromatic heterocycles. The summed E-state index contributed by atoms with van der Waals surface area (Å²) in [4.78, 5) is 23.4. The van der Waals surface area contributed by atoms with Gasteiger partial charge in [0.25, 0.3) is 0 Å².